The normalized spacial score (nSPS) is 10.6. The number of aromatic carboxylic acids is 1. The van der Waals surface area contributed by atoms with Crippen LogP contribution in [0.5, 0.6) is 5.75 Å². The predicted molar refractivity (Wildman–Crippen MR) is 93.5 cm³/mol. The number of halogens is 2. The summed E-state index contributed by atoms with van der Waals surface area (Å²) in [7, 11) is 0. The van der Waals surface area contributed by atoms with E-state index in [9.17, 15) is 4.79 Å². The molecule has 0 saturated carbocycles. The minimum atomic E-state index is -1.11. The number of furan rings is 1. The van der Waals surface area contributed by atoms with E-state index in [0.717, 1.165) is 11.1 Å². The van der Waals surface area contributed by atoms with E-state index in [0.29, 0.717) is 28.0 Å². The molecule has 0 amide bonds. The molecule has 3 aromatic rings. The van der Waals surface area contributed by atoms with Crippen molar-refractivity contribution >= 4 is 29.2 Å². The molecule has 1 aromatic carbocycles. The third-order valence-corrected chi connectivity index (χ3v) is 4.07. The molecule has 0 bridgehead atoms. The number of carbonyl (C=O) groups is 1. The van der Waals surface area contributed by atoms with Crippen molar-refractivity contribution in [3.63, 3.8) is 0 Å². The lowest BCUT2D eigenvalue weighted by Crippen LogP contribution is -2.00. The smallest absolute Gasteiger partial charge is 0.371 e. The largest absolute Gasteiger partial charge is 0.489 e. The number of hydrogen-bond acceptors (Lipinski definition) is 4. The van der Waals surface area contributed by atoms with E-state index in [1.807, 2.05) is 0 Å². The van der Waals surface area contributed by atoms with Crippen LogP contribution in [0.1, 0.15) is 27.4 Å². The van der Waals surface area contributed by atoms with Gasteiger partial charge in [-0.3, -0.25) is 4.98 Å². The summed E-state index contributed by atoms with van der Waals surface area (Å²) in [5, 5.41) is 10.0. The van der Waals surface area contributed by atoms with E-state index in [1.165, 1.54) is 6.07 Å². The number of carboxylic acid groups (broad SMARTS) is 1. The number of pyridine rings is 1. The van der Waals surface area contributed by atoms with E-state index in [2.05, 4.69) is 4.98 Å². The standard InChI is InChI=1S/C18H13Cl2NO4/c19-13-1-3-16(24-10-11-5-6-21-9-15(11)20)12(7-13)8-14-2-4-17(25-14)18(22)23/h1-7,9H,8,10H2,(H,22,23). The number of nitrogens with zero attached hydrogens (tertiary/aromatic N) is 1. The highest BCUT2D eigenvalue weighted by Crippen LogP contribution is 2.27. The van der Waals surface area contributed by atoms with Crippen molar-refractivity contribution in [2.45, 2.75) is 13.0 Å². The van der Waals surface area contributed by atoms with Gasteiger partial charge in [0.1, 0.15) is 18.1 Å². The summed E-state index contributed by atoms with van der Waals surface area (Å²) in [5.74, 6) is -0.0961. The van der Waals surface area contributed by atoms with Crippen LogP contribution in [0.25, 0.3) is 0 Å². The lowest BCUT2D eigenvalue weighted by Gasteiger charge is -2.12. The molecular weight excluding hydrogens is 365 g/mol. The van der Waals surface area contributed by atoms with E-state index >= 15 is 0 Å². The number of hydrogen-bond donors (Lipinski definition) is 1. The second-order valence-electron chi connectivity index (χ2n) is 5.26. The Morgan fingerprint density at radius 3 is 2.72 bits per heavy atom. The Morgan fingerprint density at radius 2 is 2.00 bits per heavy atom. The van der Waals surface area contributed by atoms with Crippen LogP contribution in [0.2, 0.25) is 10.0 Å². The molecule has 0 aliphatic carbocycles. The summed E-state index contributed by atoms with van der Waals surface area (Å²) in [4.78, 5) is 14.9. The van der Waals surface area contributed by atoms with Crippen molar-refractivity contribution in [1.82, 2.24) is 4.98 Å². The van der Waals surface area contributed by atoms with E-state index in [1.54, 1.807) is 42.7 Å². The molecule has 3 rings (SSSR count). The lowest BCUT2D eigenvalue weighted by atomic mass is 10.1. The van der Waals surface area contributed by atoms with Crippen molar-refractivity contribution < 1.29 is 19.1 Å². The van der Waals surface area contributed by atoms with Gasteiger partial charge in [-0.25, -0.2) is 4.79 Å². The van der Waals surface area contributed by atoms with Gasteiger partial charge in [-0.1, -0.05) is 23.2 Å². The van der Waals surface area contributed by atoms with Crippen molar-refractivity contribution in [2.24, 2.45) is 0 Å². The first-order chi connectivity index (χ1) is 12.0. The molecule has 0 fully saturated rings. The van der Waals surface area contributed by atoms with Crippen molar-refractivity contribution in [3.05, 3.63) is 81.5 Å². The van der Waals surface area contributed by atoms with Crippen LogP contribution in [-0.2, 0) is 13.0 Å². The van der Waals surface area contributed by atoms with E-state index in [-0.39, 0.29) is 12.4 Å². The maximum Gasteiger partial charge on any atom is 0.371 e. The van der Waals surface area contributed by atoms with Gasteiger partial charge in [-0.15, -0.1) is 0 Å². The Kier molecular flexibility index (Phi) is 5.26. The van der Waals surface area contributed by atoms with Crippen LogP contribution in [-0.4, -0.2) is 16.1 Å². The Morgan fingerprint density at radius 1 is 1.16 bits per heavy atom. The monoisotopic (exact) mass is 377 g/mol. The van der Waals surface area contributed by atoms with Gasteiger partial charge in [0.2, 0.25) is 5.76 Å². The number of ether oxygens (including phenoxy) is 1. The highest BCUT2D eigenvalue weighted by Gasteiger charge is 2.13. The first-order valence-corrected chi connectivity index (χ1v) is 8.10. The van der Waals surface area contributed by atoms with Gasteiger partial charge in [0.15, 0.2) is 0 Å². The number of aromatic nitrogens is 1. The molecule has 0 aliphatic rings. The zero-order chi connectivity index (χ0) is 17.8. The Bertz CT molecular complexity index is 908. The second-order valence-corrected chi connectivity index (χ2v) is 6.10. The van der Waals surface area contributed by atoms with Crippen LogP contribution < -0.4 is 4.74 Å². The average Bonchev–Trinajstić information content (AvgIpc) is 3.04. The van der Waals surface area contributed by atoms with Crippen LogP contribution >= 0.6 is 23.2 Å². The molecule has 2 heterocycles. The highest BCUT2D eigenvalue weighted by atomic mass is 35.5. The fraction of sp³-hybridized carbons (Fsp3) is 0.111. The Balaban J connectivity index is 1.80. The van der Waals surface area contributed by atoms with Crippen molar-refractivity contribution in [3.8, 4) is 5.75 Å². The summed E-state index contributed by atoms with van der Waals surface area (Å²) < 4.78 is 11.2. The average molecular weight is 378 g/mol. The minimum Gasteiger partial charge on any atom is -0.489 e. The van der Waals surface area contributed by atoms with Crippen LogP contribution in [0.3, 0.4) is 0 Å². The first kappa shape index (κ1) is 17.3. The summed E-state index contributed by atoms with van der Waals surface area (Å²) in [6, 6.07) is 10.1. The lowest BCUT2D eigenvalue weighted by molar-refractivity contribution is 0.0660. The SMILES string of the molecule is O=C(O)c1ccc(Cc2cc(Cl)ccc2OCc2ccncc2Cl)o1. The third kappa shape index (κ3) is 4.32. The molecule has 0 unspecified atom stereocenters. The van der Waals surface area contributed by atoms with E-state index < -0.39 is 5.97 Å². The summed E-state index contributed by atoms with van der Waals surface area (Å²) >= 11 is 12.2. The summed E-state index contributed by atoms with van der Waals surface area (Å²) in [5.41, 5.74) is 1.59. The second kappa shape index (κ2) is 7.59. The summed E-state index contributed by atoms with van der Waals surface area (Å²) in [6.07, 6.45) is 3.55. The number of carboxylic acids is 1. The first-order valence-electron chi connectivity index (χ1n) is 7.34. The maximum atomic E-state index is 10.9. The van der Waals surface area contributed by atoms with Gasteiger partial charge in [0.25, 0.3) is 0 Å². The van der Waals surface area contributed by atoms with Crippen molar-refractivity contribution in [1.29, 1.82) is 0 Å². The van der Waals surface area contributed by atoms with Gasteiger partial charge >= 0.3 is 5.97 Å². The van der Waals surface area contributed by atoms with Gasteiger partial charge in [0, 0.05) is 35.0 Å². The molecule has 5 nitrogen and oxygen atoms in total. The molecular formula is C18H13Cl2NO4. The molecule has 25 heavy (non-hydrogen) atoms. The Labute approximate surface area is 153 Å². The minimum absolute atomic E-state index is 0.108. The summed E-state index contributed by atoms with van der Waals surface area (Å²) in [6.45, 7) is 0.272. The fourth-order valence-electron chi connectivity index (χ4n) is 2.28. The Hall–Kier alpha value is -2.50. The highest BCUT2D eigenvalue weighted by molar-refractivity contribution is 6.31. The van der Waals surface area contributed by atoms with E-state index in [4.69, 9.17) is 37.5 Å². The topological polar surface area (TPSA) is 72.6 Å². The molecule has 2 aromatic heterocycles. The van der Waals surface area contributed by atoms with Gasteiger partial charge in [-0.2, -0.15) is 0 Å². The fourth-order valence-corrected chi connectivity index (χ4v) is 2.65. The zero-order valence-corrected chi connectivity index (χ0v) is 14.4. The van der Waals surface area contributed by atoms with Gasteiger partial charge in [0.05, 0.1) is 5.02 Å². The van der Waals surface area contributed by atoms with Crippen molar-refractivity contribution in [2.75, 3.05) is 0 Å². The number of benzene rings is 1. The predicted octanol–water partition coefficient (Wildman–Crippen LogP) is 4.85. The van der Waals surface area contributed by atoms with Gasteiger partial charge in [-0.05, 0) is 36.4 Å². The molecule has 128 valence electrons. The molecule has 1 N–H and O–H groups in total. The quantitative estimate of drug-likeness (QED) is 0.664. The van der Waals surface area contributed by atoms with Crippen LogP contribution in [0.15, 0.2) is 53.2 Å². The van der Waals surface area contributed by atoms with Gasteiger partial charge < -0.3 is 14.3 Å². The third-order valence-electron chi connectivity index (χ3n) is 3.50. The molecule has 0 atom stereocenters. The molecule has 0 aliphatic heterocycles. The molecule has 0 spiro atoms. The van der Waals surface area contributed by atoms with Crippen LogP contribution in [0.4, 0.5) is 0 Å². The molecule has 0 saturated heterocycles. The zero-order valence-electron chi connectivity index (χ0n) is 12.9. The van der Waals surface area contributed by atoms with Crippen LogP contribution in [0, 0.1) is 0 Å². The maximum absolute atomic E-state index is 10.9. The molecule has 7 heteroatoms. The number of rotatable bonds is 6. The molecule has 0 radical (unpaired) electrons.